The van der Waals surface area contributed by atoms with Crippen molar-refractivity contribution in [3.63, 3.8) is 0 Å². The fourth-order valence-electron chi connectivity index (χ4n) is 2.48. The average molecular weight is 503 g/mol. The van der Waals surface area contributed by atoms with E-state index in [0.717, 1.165) is 6.07 Å². The molecule has 0 fully saturated rings. The van der Waals surface area contributed by atoms with Gasteiger partial charge in [-0.05, 0) is 36.4 Å². The Kier molecular flexibility index (Phi) is 7.11. The molecule has 0 radical (unpaired) electrons. The molecule has 156 valence electrons. The second-order valence-electron chi connectivity index (χ2n) is 6.06. The second kappa shape index (κ2) is 9.96. The number of non-ortho nitro benzene ring substituents is 1. The van der Waals surface area contributed by atoms with Crippen LogP contribution in [0.4, 0.5) is 5.69 Å². The van der Waals surface area contributed by atoms with Gasteiger partial charge in [0, 0.05) is 27.7 Å². The fraction of sp³-hybridized carbons (Fsp3) is 0. The number of halogens is 2. The van der Waals surface area contributed by atoms with Crippen molar-refractivity contribution in [3.8, 4) is 5.75 Å². The van der Waals surface area contributed by atoms with Gasteiger partial charge < -0.3 is 4.74 Å². The number of hydrogen-bond acceptors (Lipinski definition) is 6. The Hall–Kier alpha value is -3.56. The van der Waals surface area contributed by atoms with Crippen LogP contribution in [0.15, 0.2) is 76.3 Å². The summed E-state index contributed by atoms with van der Waals surface area (Å²) in [6.07, 6.45) is 1.29. The number of hydrogen-bond donors (Lipinski definition) is 1. The summed E-state index contributed by atoms with van der Waals surface area (Å²) in [6.45, 7) is 0. The van der Waals surface area contributed by atoms with Gasteiger partial charge in [0.1, 0.15) is 5.75 Å². The van der Waals surface area contributed by atoms with E-state index >= 15 is 0 Å². The van der Waals surface area contributed by atoms with Gasteiger partial charge in [-0.3, -0.25) is 14.9 Å². The largest absolute Gasteiger partial charge is 0.422 e. The minimum Gasteiger partial charge on any atom is -0.422 e. The number of benzene rings is 3. The van der Waals surface area contributed by atoms with Crippen LogP contribution < -0.4 is 10.2 Å². The van der Waals surface area contributed by atoms with Crippen LogP contribution >= 0.6 is 27.5 Å². The van der Waals surface area contributed by atoms with Crippen molar-refractivity contribution < 1.29 is 19.2 Å². The van der Waals surface area contributed by atoms with Gasteiger partial charge in [0.2, 0.25) is 0 Å². The molecule has 0 saturated carbocycles. The molecule has 0 spiro atoms. The Bertz CT molecular complexity index is 1200. The molecule has 31 heavy (non-hydrogen) atoms. The lowest BCUT2D eigenvalue weighted by Crippen LogP contribution is -2.18. The van der Waals surface area contributed by atoms with E-state index in [2.05, 4.69) is 26.5 Å². The normalized spacial score (nSPS) is 10.6. The summed E-state index contributed by atoms with van der Waals surface area (Å²) in [5, 5.41) is 15.0. The van der Waals surface area contributed by atoms with Gasteiger partial charge in [0.05, 0.1) is 21.7 Å². The van der Waals surface area contributed by atoms with Crippen LogP contribution in [0.25, 0.3) is 0 Å². The summed E-state index contributed by atoms with van der Waals surface area (Å²) in [5.74, 6) is -1.09. The predicted molar refractivity (Wildman–Crippen MR) is 119 cm³/mol. The quantitative estimate of drug-likeness (QED) is 0.168. The summed E-state index contributed by atoms with van der Waals surface area (Å²) in [7, 11) is 0. The number of ether oxygens (including phenoxy) is 1. The van der Waals surface area contributed by atoms with Crippen molar-refractivity contribution in [2.45, 2.75) is 0 Å². The zero-order valence-corrected chi connectivity index (χ0v) is 18.0. The van der Waals surface area contributed by atoms with E-state index in [1.54, 1.807) is 36.4 Å². The Labute approximate surface area is 189 Å². The monoisotopic (exact) mass is 501 g/mol. The number of amides is 1. The number of nitro groups is 1. The standard InChI is InChI=1S/C21H13BrClN3O5/c22-15-8-9-19(31-21(28)17-6-1-2-7-18(17)23)14(10-15)12-24-25-20(27)13-4-3-5-16(11-13)26(29)30/h1-12H,(H,25,27)/b24-12+. The molecular weight excluding hydrogens is 490 g/mol. The Morgan fingerprint density at radius 2 is 1.87 bits per heavy atom. The molecule has 3 aromatic rings. The first kappa shape index (κ1) is 22.1. The third kappa shape index (κ3) is 5.74. The zero-order chi connectivity index (χ0) is 22.4. The molecular formula is C21H13BrClN3O5. The number of rotatable bonds is 6. The summed E-state index contributed by atoms with van der Waals surface area (Å²) >= 11 is 9.36. The molecule has 0 heterocycles. The molecule has 0 aromatic heterocycles. The molecule has 3 aromatic carbocycles. The topological polar surface area (TPSA) is 111 Å². The highest BCUT2D eigenvalue weighted by molar-refractivity contribution is 9.10. The van der Waals surface area contributed by atoms with E-state index in [1.807, 2.05) is 0 Å². The first-order chi connectivity index (χ1) is 14.8. The average Bonchev–Trinajstić information content (AvgIpc) is 2.75. The molecule has 0 saturated heterocycles. The van der Waals surface area contributed by atoms with Crippen molar-refractivity contribution in [3.05, 3.63) is 103 Å². The maximum Gasteiger partial charge on any atom is 0.345 e. The lowest BCUT2D eigenvalue weighted by molar-refractivity contribution is -0.384. The van der Waals surface area contributed by atoms with E-state index in [0.29, 0.717) is 10.0 Å². The van der Waals surface area contributed by atoms with Crippen molar-refractivity contribution in [2.24, 2.45) is 5.10 Å². The number of hydrazone groups is 1. The van der Waals surface area contributed by atoms with Crippen LogP contribution in [-0.4, -0.2) is 23.0 Å². The highest BCUT2D eigenvalue weighted by Gasteiger charge is 2.15. The molecule has 1 N–H and O–H groups in total. The maximum absolute atomic E-state index is 12.4. The molecule has 8 nitrogen and oxygen atoms in total. The van der Waals surface area contributed by atoms with Crippen molar-refractivity contribution in [1.29, 1.82) is 0 Å². The number of nitrogens with zero attached hydrogens (tertiary/aromatic N) is 2. The van der Waals surface area contributed by atoms with E-state index in [1.165, 1.54) is 30.5 Å². The first-order valence-electron chi connectivity index (χ1n) is 8.69. The van der Waals surface area contributed by atoms with Gasteiger partial charge in [-0.15, -0.1) is 0 Å². The summed E-state index contributed by atoms with van der Waals surface area (Å²) < 4.78 is 6.12. The molecule has 0 bridgehead atoms. The summed E-state index contributed by atoms with van der Waals surface area (Å²) in [4.78, 5) is 34.9. The third-order valence-electron chi connectivity index (χ3n) is 3.96. The SMILES string of the molecule is O=C(N/N=C/c1cc(Br)ccc1OC(=O)c1ccccc1Cl)c1cccc([N+](=O)[O-])c1. The lowest BCUT2D eigenvalue weighted by Gasteiger charge is -2.09. The number of nitrogens with one attached hydrogen (secondary N) is 1. The van der Waals surface area contributed by atoms with Gasteiger partial charge in [-0.25, -0.2) is 10.2 Å². The molecule has 0 aliphatic heterocycles. The Morgan fingerprint density at radius 1 is 1.10 bits per heavy atom. The minimum absolute atomic E-state index is 0.0750. The molecule has 0 atom stereocenters. The fourth-order valence-corrected chi connectivity index (χ4v) is 3.07. The number of carbonyl (C=O) groups excluding carboxylic acids is 2. The molecule has 10 heteroatoms. The number of esters is 1. The van der Waals surface area contributed by atoms with E-state index in [4.69, 9.17) is 16.3 Å². The van der Waals surface area contributed by atoms with Crippen molar-refractivity contribution in [2.75, 3.05) is 0 Å². The Morgan fingerprint density at radius 3 is 2.61 bits per heavy atom. The summed E-state index contributed by atoms with van der Waals surface area (Å²) in [6, 6.07) is 16.6. The van der Waals surface area contributed by atoms with Gasteiger partial charge in [-0.1, -0.05) is 45.7 Å². The van der Waals surface area contributed by atoms with Gasteiger partial charge in [-0.2, -0.15) is 5.10 Å². The molecule has 0 unspecified atom stereocenters. The van der Waals surface area contributed by atoms with Crippen LogP contribution in [0.5, 0.6) is 5.75 Å². The molecule has 3 rings (SSSR count). The smallest absolute Gasteiger partial charge is 0.345 e. The van der Waals surface area contributed by atoms with E-state index < -0.39 is 16.8 Å². The lowest BCUT2D eigenvalue weighted by atomic mass is 10.2. The highest BCUT2D eigenvalue weighted by Crippen LogP contribution is 2.24. The first-order valence-corrected chi connectivity index (χ1v) is 9.86. The maximum atomic E-state index is 12.4. The van der Waals surface area contributed by atoms with Crippen molar-refractivity contribution in [1.82, 2.24) is 5.43 Å². The van der Waals surface area contributed by atoms with Crippen LogP contribution in [0, 0.1) is 10.1 Å². The van der Waals surface area contributed by atoms with Gasteiger partial charge in [0.15, 0.2) is 0 Å². The second-order valence-corrected chi connectivity index (χ2v) is 7.38. The molecule has 1 amide bonds. The third-order valence-corrected chi connectivity index (χ3v) is 4.78. The van der Waals surface area contributed by atoms with Gasteiger partial charge >= 0.3 is 5.97 Å². The van der Waals surface area contributed by atoms with E-state index in [-0.39, 0.29) is 27.6 Å². The molecule has 0 aliphatic rings. The zero-order valence-electron chi connectivity index (χ0n) is 15.6. The van der Waals surface area contributed by atoms with E-state index in [9.17, 15) is 19.7 Å². The number of carbonyl (C=O) groups is 2. The van der Waals surface area contributed by atoms with Crippen molar-refractivity contribution >= 4 is 51.3 Å². The highest BCUT2D eigenvalue weighted by atomic mass is 79.9. The van der Waals surface area contributed by atoms with Crippen LogP contribution in [0.1, 0.15) is 26.3 Å². The van der Waals surface area contributed by atoms with Crippen LogP contribution in [-0.2, 0) is 0 Å². The minimum atomic E-state index is -0.650. The predicted octanol–water partition coefficient (Wildman–Crippen LogP) is 4.99. The van der Waals surface area contributed by atoms with Gasteiger partial charge in [0.25, 0.3) is 11.6 Å². The Balaban J connectivity index is 1.76. The molecule has 0 aliphatic carbocycles. The summed E-state index contributed by atoms with van der Waals surface area (Å²) in [5.41, 5.74) is 2.75. The number of nitro benzene ring substituents is 1. The van der Waals surface area contributed by atoms with Crippen LogP contribution in [0.3, 0.4) is 0 Å². The van der Waals surface area contributed by atoms with Crippen LogP contribution in [0.2, 0.25) is 5.02 Å².